The van der Waals surface area contributed by atoms with Crippen molar-refractivity contribution in [3.05, 3.63) is 0 Å². The molecule has 0 aliphatic heterocycles. The van der Waals surface area contributed by atoms with Crippen LogP contribution in [0.3, 0.4) is 0 Å². The van der Waals surface area contributed by atoms with Crippen molar-refractivity contribution in [3.63, 3.8) is 0 Å². The van der Waals surface area contributed by atoms with Crippen LogP contribution in [0.15, 0.2) is 0 Å². The highest BCUT2D eigenvalue weighted by molar-refractivity contribution is 7.85. The topological polar surface area (TPSA) is 75.7 Å². The molecule has 0 spiro atoms. The first-order valence-corrected chi connectivity index (χ1v) is 12.8. The van der Waals surface area contributed by atoms with Crippen LogP contribution >= 0.6 is 0 Å². The van der Waals surface area contributed by atoms with Gasteiger partial charge < -0.3 is 18.5 Å². The quantitative estimate of drug-likeness (QED) is 0.159. The van der Waals surface area contributed by atoms with Crippen LogP contribution in [0.2, 0.25) is 0 Å². The van der Waals surface area contributed by atoms with Gasteiger partial charge in [0.15, 0.2) is 0 Å². The number of likely N-dealkylation sites (N-methyl/N-ethyl adjacent to an activating group) is 1. The fraction of sp³-hybridized carbons (Fsp3) is 1.00. The zero-order valence-electron chi connectivity index (χ0n) is 18.6. The third-order valence-corrected chi connectivity index (χ3v) is 5.97. The first-order chi connectivity index (χ1) is 13.3. The minimum Gasteiger partial charge on any atom is -0.748 e. The Morgan fingerprint density at radius 1 is 0.679 bits per heavy atom. The van der Waals surface area contributed by atoms with Crippen molar-refractivity contribution >= 4 is 10.1 Å². The van der Waals surface area contributed by atoms with Crippen LogP contribution in [0.5, 0.6) is 0 Å². The molecule has 0 aromatic rings. The molecule has 170 valence electrons. The van der Waals surface area contributed by atoms with Crippen LogP contribution in [-0.2, 0) is 19.6 Å². The van der Waals surface area contributed by atoms with E-state index < -0.39 is 10.1 Å². The molecule has 0 rings (SSSR count). The molecule has 0 N–H and O–H groups in total. The van der Waals surface area contributed by atoms with Crippen molar-refractivity contribution < 1.29 is 26.9 Å². The van der Waals surface area contributed by atoms with E-state index >= 15 is 0 Å². The van der Waals surface area contributed by atoms with Crippen LogP contribution in [0.1, 0.15) is 78.1 Å². The van der Waals surface area contributed by atoms with E-state index in [2.05, 4.69) is 20.9 Å². The van der Waals surface area contributed by atoms with E-state index in [1.807, 2.05) is 0 Å². The predicted molar refractivity (Wildman–Crippen MR) is 115 cm³/mol. The van der Waals surface area contributed by atoms with Crippen molar-refractivity contribution in [2.45, 2.75) is 78.1 Å². The van der Waals surface area contributed by atoms with Gasteiger partial charge in [-0.05, 0) is 32.1 Å². The Kier molecular flexibility index (Phi) is 17.5. The molecule has 0 heterocycles. The molecule has 0 fully saturated rings. The van der Waals surface area contributed by atoms with Gasteiger partial charge >= 0.3 is 0 Å². The second-order valence-corrected chi connectivity index (χ2v) is 9.63. The first kappa shape index (κ1) is 27.8. The fourth-order valence-electron chi connectivity index (χ4n) is 3.23. The number of ether oxygens (including phenoxy) is 2. The lowest BCUT2D eigenvalue weighted by molar-refractivity contribution is -0.910. The summed E-state index contributed by atoms with van der Waals surface area (Å²) in [6, 6.07) is 0. The average Bonchev–Trinajstić information content (AvgIpc) is 2.63. The number of rotatable bonds is 21. The highest BCUT2D eigenvalue weighted by Crippen LogP contribution is 2.12. The first-order valence-electron chi connectivity index (χ1n) is 11.3. The average molecular weight is 424 g/mol. The van der Waals surface area contributed by atoms with E-state index in [1.165, 1.54) is 38.5 Å². The molecule has 28 heavy (non-hydrogen) atoms. The standard InChI is InChI=1S/C21H45NO5S/c1-4-6-8-9-10-11-14-22(3,15-12-13-21-28(23,24)25)16-18-27-20-19-26-17-7-5-2/h4-21H2,1-3H3. The summed E-state index contributed by atoms with van der Waals surface area (Å²) in [4.78, 5) is 0. The van der Waals surface area contributed by atoms with Crippen LogP contribution < -0.4 is 0 Å². The van der Waals surface area contributed by atoms with Crippen LogP contribution in [0.4, 0.5) is 0 Å². The molecule has 0 aromatic carbocycles. The molecule has 0 saturated heterocycles. The zero-order chi connectivity index (χ0) is 21.1. The lowest BCUT2D eigenvalue weighted by atomic mass is 10.1. The fourth-order valence-corrected chi connectivity index (χ4v) is 3.79. The largest absolute Gasteiger partial charge is 0.748 e. The summed E-state index contributed by atoms with van der Waals surface area (Å²) >= 11 is 0. The second-order valence-electron chi connectivity index (χ2n) is 8.11. The van der Waals surface area contributed by atoms with Gasteiger partial charge in [0.2, 0.25) is 0 Å². The summed E-state index contributed by atoms with van der Waals surface area (Å²) in [7, 11) is -1.88. The molecule has 0 saturated carbocycles. The smallest absolute Gasteiger partial charge is 0.102 e. The van der Waals surface area contributed by atoms with Gasteiger partial charge in [-0.2, -0.15) is 0 Å². The van der Waals surface area contributed by atoms with Gasteiger partial charge in [0.1, 0.15) is 6.54 Å². The number of quaternary nitrogens is 1. The summed E-state index contributed by atoms with van der Waals surface area (Å²) in [5, 5.41) is 0. The van der Waals surface area contributed by atoms with Gasteiger partial charge in [-0.3, -0.25) is 0 Å². The lowest BCUT2D eigenvalue weighted by Crippen LogP contribution is -2.48. The normalized spacial score (nSPS) is 14.3. The van der Waals surface area contributed by atoms with Gasteiger partial charge in [0, 0.05) is 12.4 Å². The highest BCUT2D eigenvalue weighted by Gasteiger charge is 2.20. The number of hydrogen-bond donors (Lipinski definition) is 0. The molecule has 7 heteroatoms. The van der Waals surface area contributed by atoms with E-state index in [4.69, 9.17) is 9.47 Å². The van der Waals surface area contributed by atoms with Crippen molar-refractivity contribution in [2.75, 3.05) is 58.9 Å². The Hall–Kier alpha value is -0.210. The second kappa shape index (κ2) is 17.6. The molecular formula is C21H45NO5S. The Bertz CT molecular complexity index is 444. The third kappa shape index (κ3) is 19.1. The van der Waals surface area contributed by atoms with Gasteiger partial charge in [-0.25, -0.2) is 8.42 Å². The van der Waals surface area contributed by atoms with Gasteiger partial charge in [0.25, 0.3) is 0 Å². The molecule has 0 amide bonds. The maximum absolute atomic E-state index is 10.8. The van der Waals surface area contributed by atoms with Crippen molar-refractivity contribution in [1.82, 2.24) is 0 Å². The van der Waals surface area contributed by atoms with Crippen molar-refractivity contribution in [2.24, 2.45) is 0 Å². The predicted octanol–water partition coefficient (Wildman–Crippen LogP) is 3.95. The molecule has 1 atom stereocenters. The van der Waals surface area contributed by atoms with Gasteiger partial charge in [-0.15, -0.1) is 0 Å². The minimum absolute atomic E-state index is 0.254. The molecular weight excluding hydrogens is 378 g/mol. The molecule has 6 nitrogen and oxygen atoms in total. The molecule has 0 aromatic heterocycles. The summed E-state index contributed by atoms with van der Waals surface area (Å²) in [5.74, 6) is -0.254. The van der Waals surface area contributed by atoms with E-state index in [1.54, 1.807) is 0 Å². The monoisotopic (exact) mass is 423 g/mol. The van der Waals surface area contributed by atoms with Gasteiger partial charge in [-0.1, -0.05) is 46.0 Å². The molecule has 0 radical (unpaired) electrons. The minimum atomic E-state index is -4.10. The zero-order valence-corrected chi connectivity index (χ0v) is 19.4. The van der Waals surface area contributed by atoms with E-state index in [9.17, 15) is 13.0 Å². The lowest BCUT2D eigenvalue weighted by Gasteiger charge is -2.35. The van der Waals surface area contributed by atoms with Crippen LogP contribution in [0.25, 0.3) is 0 Å². The molecule has 1 unspecified atom stereocenters. The third-order valence-electron chi connectivity index (χ3n) is 5.18. The highest BCUT2D eigenvalue weighted by atomic mass is 32.2. The van der Waals surface area contributed by atoms with Crippen molar-refractivity contribution in [1.29, 1.82) is 0 Å². The Balaban J connectivity index is 4.14. The van der Waals surface area contributed by atoms with Crippen molar-refractivity contribution in [3.8, 4) is 0 Å². The molecule has 0 aliphatic rings. The summed E-state index contributed by atoms with van der Waals surface area (Å²) in [5.41, 5.74) is 0. The summed E-state index contributed by atoms with van der Waals surface area (Å²) in [6.07, 6.45) is 11.0. The Morgan fingerprint density at radius 2 is 1.21 bits per heavy atom. The maximum Gasteiger partial charge on any atom is 0.102 e. The number of hydrogen-bond acceptors (Lipinski definition) is 5. The molecule has 0 aliphatic carbocycles. The Morgan fingerprint density at radius 3 is 1.82 bits per heavy atom. The van der Waals surface area contributed by atoms with Gasteiger partial charge in [0.05, 0.1) is 50.1 Å². The van der Waals surface area contributed by atoms with Crippen LogP contribution in [-0.4, -0.2) is 76.3 Å². The van der Waals surface area contributed by atoms with E-state index in [0.717, 1.165) is 50.0 Å². The Labute approximate surface area is 174 Å². The van der Waals surface area contributed by atoms with E-state index in [-0.39, 0.29) is 5.75 Å². The summed E-state index contributed by atoms with van der Waals surface area (Å²) < 4.78 is 44.5. The van der Waals surface area contributed by atoms with Crippen LogP contribution in [0, 0.1) is 0 Å². The number of unbranched alkanes of at least 4 members (excludes halogenated alkanes) is 7. The summed E-state index contributed by atoms with van der Waals surface area (Å²) in [6.45, 7) is 10.00. The SMILES string of the molecule is CCCCCCCC[N+](C)(CCCCS(=O)(=O)[O-])CCOCCOCCCC. The molecule has 0 bridgehead atoms. The van der Waals surface area contributed by atoms with E-state index in [0.29, 0.717) is 26.2 Å². The number of nitrogens with zero attached hydrogens (tertiary/aromatic N) is 1. The maximum atomic E-state index is 10.8.